The average Bonchev–Trinajstić information content (AvgIpc) is 2.49. The van der Waals surface area contributed by atoms with Crippen LogP contribution in [-0.2, 0) is 14.8 Å². The molecule has 0 aliphatic heterocycles. The predicted octanol–water partition coefficient (Wildman–Crippen LogP) is 3.57. The molecule has 2 aromatic carbocycles. The van der Waals surface area contributed by atoms with E-state index < -0.39 is 21.5 Å². The Kier molecular flexibility index (Phi) is 6.23. The van der Waals surface area contributed by atoms with Gasteiger partial charge in [0.1, 0.15) is 5.60 Å². The minimum Gasteiger partial charge on any atom is -0.381 e. The van der Waals surface area contributed by atoms with Gasteiger partial charge in [0.15, 0.2) is 0 Å². The van der Waals surface area contributed by atoms with E-state index in [0.717, 1.165) is 16.0 Å². The lowest BCUT2D eigenvalue weighted by Crippen LogP contribution is -2.36. The van der Waals surface area contributed by atoms with Crippen molar-refractivity contribution in [1.29, 1.82) is 0 Å². The Labute approximate surface area is 162 Å². The van der Waals surface area contributed by atoms with Crippen LogP contribution in [0.25, 0.3) is 0 Å². The first kappa shape index (κ1) is 20.6. The molecule has 9 heteroatoms. The fourth-order valence-corrected chi connectivity index (χ4v) is 3.59. The highest BCUT2D eigenvalue weighted by atomic mass is 35.5. The van der Waals surface area contributed by atoms with E-state index in [2.05, 4.69) is 10.0 Å². The van der Waals surface area contributed by atoms with Crippen LogP contribution in [0.1, 0.15) is 13.8 Å². The summed E-state index contributed by atoms with van der Waals surface area (Å²) in [6.07, 6.45) is 1.09. The van der Waals surface area contributed by atoms with Crippen molar-refractivity contribution in [2.75, 3.05) is 16.3 Å². The minimum atomic E-state index is -3.31. The molecule has 0 saturated heterocycles. The summed E-state index contributed by atoms with van der Waals surface area (Å²) in [7, 11) is -3.31. The lowest BCUT2D eigenvalue weighted by atomic mass is 10.1. The molecule has 0 unspecified atom stereocenters. The molecule has 0 bridgehead atoms. The zero-order valence-electron chi connectivity index (χ0n) is 14.4. The van der Waals surface area contributed by atoms with E-state index in [1.807, 2.05) is 0 Å². The first-order valence-electron chi connectivity index (χ1n) is 7.53. The number of hydrogen-bond acceptors (Lipinski definition) is 5. The Morgan fingerprint density at radius 1 is 1.12 bits per heavy atom. The molecule has 0 atom stereocenters. The van der Waals surface area contributed by atoms with Crippen LogP contribution < -0.4 is 10.0 Å². The van der Waals surface area contributed by atoms with Gasteiger partial charge in [-0.25, -0.2) is 8.42 Å². The number of hydrogen-bond donors (Lipinski definition) is 3. The SMILES string of the molecule is CC(C)(O)C(=O)Nc1ccc(Sc2ccc(NS(C)(=O)=O)cc2)cc1Cl. The third-order valence-electron chi connectivity index (χ3n) is 3.14. The van der Waals surface area contributed by atoms with Crippen molar-refractivity contribution < 1.29 is 18.3 Å². The van der Waals surface area contributed by atoms with Crippen LogP contribution in [0.5, 0.6) is 0 Å². The van der Waals surface area contributed by atoms with E-state index in [1.54, 1.807) is 42.5 Å². The number of carbonyl (C=O) groups is 1. The summed E-state index contributed by atoms with van der Waals surface area (Å²) >= 11 is 7.64. The van der Waals surface area contributed by atoms with Gasteiger partial charge in [-0.15, -0.1) is 0 Å². The Morgan fingerprint density at radius 2 is 1.69 bits per heavy atom. The Morgan fingerprint density at radius 3 is 2.19 bits per heavy atom. The number of carbonyl (C=O) groups excluding carboxylic acids is 1. The second-order valence-corrected chi connectivity index (χ2v) is 9.46. The number of rotatable bonds is 6. The van der Waals surface area contributed by atoms with Gasteiger partial charge in [-0.3, -0.25) is 9.52 Å². The molecule has 0 aromatic heterocycles. The molecular formula is C17H19ClN2O4S2. The number of benzene rings is 2. The molecule has 26 heavy (non-hydrogen) atoms. The smallest absolute Gasteiger partial charge is 0.255 e. The van der Waals surface area contributed by atoms with Gasteiger partial charge in [0.2, 0.25) is 10.0 Å². The second-order valence-electron chi connectivity index (χ2n) is 6.16. The van der Waals surface area contributed by atoms with Crippen LogP contribution in [0.2, 0.25) is 5.02 Å². The summed E-state index contributed by atoms with van der Waals surface area (Å²) in [5.74, 6) is -0.547. The van der Waals surface area contributed by atoms with Crippen molar-refractivity contribution in [3.8, 4) is 0 Å². The first-order chi connectivity index (χ1) is 11.9. The molecule has 0 heterocycles. The Bertz CT molecular complexity index is 907. The van der Waals surface area contributed by atoms with Gasteiger partial charge in [0.05, 0.1) is 17.0 Å². The summed E-state index contributed by atoms with van der Waals surface area (Å²) < 4.78 is 24.8. The van der Waals surface area contributed by atoms with E-state index in [1.165, 1.54) is 25.6 Å². The third-order valence-corrected chi connectivity index (χ3v) is 5.05. The summed E-state index contributed by atoms with van der Waals surface area (Å²) in [4.78, 5) is 13.6. The lowest BCUT2D eigenvalue weighted by molar-refractivity contribution is -0.130. The highest BCUT2D eigenvalue weighted by Crippen LogP contribution is 2.33. The molecule has 2 aromatic rings. The quantitative estimate of drug-likeness (QED) is 0.671. The largest absolute Gasteiger partial charge is 0.381 e. The van der Waals surface area contributed by atoms with Crippen LogP contribution in [0, 0.1) is 0 Å². The van der Waals surface area contributed by atoms with Crippen LogP contribution in [0.4, 0.5) is 11.4 Å². The first-order valence-corrected chi connectivity index (χ1v) is 10.6. The van der Waals surface area contributed by atoms with E-state index >= 15 is 0 Å². The van der Waals surface area contributed by atoms with Gasteiger partial charge in [-0.1, -0.05) is 23.4 Å². The zero-order chi connectivity index (χ0) is 19.5. The van der Waals surface area contributed by atoms with Crippen LogP contribution >= 0.6 is 23.4 Å². The predicted molar refractivity (Wildman–Crippen MR) is 105 cm³/mol. The second kappa shape index (κ2) is 7.87. The van der Waals surface area contributed by atoms with Crippen molar-refractivity contribution in [2.45, 2.75) is 29.2 Å². The molecule has 0 saturated carbocycles. The maximum atomic E-state index is 11.8. The van der Waals surface area contributed by atoms with Crippen LogP contribution in [0.15, 0.2) is 52.3 Å². The molecule has 0 fully saturated rings. The molecule has 0 radical (unpaired) electrons. The van der Waals surface area contributed by atoms with Crippen molar-refractivity contribution in [3.05, 3.63) is 47.5 Å². The van der Waals surface area contributed by atoms with Gasteiger partial charge in [0.25, 0.3) is 5.91 Å². The van der Waals surface area contributed by atoms with Crippen LogP contribution in [0.3, 0.4) is 0 Å². The fraction of sp³-hybridized carbons (Fsp3) is 0.235. The number of sulfonamides is 1. The summed E-state index contributed by atoms with van der Waals surface area (Å²) in [5, 5.41) is 12.6. The average molecular weight is 415 g/mol. The highest BCUT2D eigenvalue weighted by Gasteiger charge is 2.24. The number of aliphatic hydroxyl groups is 1. The van der Waals surface area contributed by atoms with Gasteiger partial charge in [0, 0.05) is 15.5 Å². The zero-order valence-corrected chi connectivity index (χ0v) is 16.8. The Hall–Kier alpha value is -1.74. The van der Waals surface area contributed by atoms with Crippen molar-refractivity contribution >= 4 is 50.7 Å². The van der Waals surface area contributed by atoms with E-state index in [4.69, 9.17) is 11.6 Å². The molecule has 0 aliphatic carbocycles. The molecule has 3 N–H and O–H groups in total. The monoisotopic (exact) mass is 414 g/mol. The molecule has 6 nitrogen and oxygen atoms in total. The van der Waals surface area contributed by atoms with E-state index in [0.29, 0.717) is 16.4 Å². The number of halogens is 1. The molecule has 140 valence electrons. The van der Waals surface area contributed by atoms with Gasteiger partial charge in [-0.05, 0) is 56.3 Å². The molecule has 2 rings (SSSR count). The molecule has 0 spiro atoms. The summed E-state index contributed by atoms with van der Waals surface area (Å²) in [5.41, 5.74) is -0.603. The maximum Gasteiger partial charge on any atom is 0.255 e. The number of amides is 1. The van der Waals surface area contributed by atoms with Crippen molar-refractivity contribution in [3.63, 3.8) is 0 Å². The highest BCUT2D eigenvalue weighted by molar-refractivity contribution is 7.99. The fourth-order valence-electron chi connectivity index (χ4n) is 1.88. The standard InChI is InChI=1S/C17H19ClN2O4S2/c1-17(2,22)16(21)19-15-9-8-13(10-14(15)18)25-12-6-4-11(5-7-12)20-26(3,23)24/h4-10,20,22H,1-3H3,(H,19,21). The summed E-state index contributed by atoms with van der Waals surface area (Å²) in [6.45, 7) is 2.78. The third kappa shape index (κ3) is 6.21. The lowest BCUT2D eigenvalue weighted by Gasteiger charge is -2.17. The molecular weight excluding hydrogens is 396 g/mol. The summed E-state index contributed by atoms with van der Waals surface area (Å²) in [6, 6.07) is 12.1. The molecule has 0 aliphatic rings. The van der Waals surface area contributed by atoms with E-state index in [9.17, 15) is 18.3 Å². The van der Waals surface area contributed by atoms with Crippen molar-refractivity contribution in [1.82, 2.24) is 0 Å². The van der Waals surface area contributed by atoms with Gasteiger partial charge < -0.3 is 10.4 Å². The van der Waals surface area contributed by atoms with E-state index in [-0.39, 0.29) is 0 Å². The topological polar surface area (TPSA) is 95.5 Å². The number of nitrogens with one attached hydrogen (secondary N) is 2. The maximum absolute atomic E-state index is 11.8. The normalized spacial score (nSPS) is 11.9. The minimum absolute atomic E-state index is 0.350. The van der Waals surface area contributed by atoms with Gasteiger partial charge in [-0.2, -0.15) is 0 Å². The number of anilines is 2. The van der Waals surface area contributed by atoms with Crippen molar-refractivity contribution in [2.24, 2.45) is 0 Å². The van der Waals surface area contributed by atoms with Crippen LogP contribution in [-0.4, -0.2) is 31.3 Å². The van der Waals surface area contributed by atoms with Gasteiger partial charge >= 0.3 is 0 Å². The Balaban J connectivity index is 2.09. The molecule has 1 amide bonds.